The minimum atomic E-state index is 0.552. The Hall–Kier alpha value is -2.70. The zero-order chi connectivity index (χ0) is 16.6. The van der Waals surface area contributed by atoms with Crippen LogP contribution in [0.25, 0.3) is 5.65 Å². The summed E-state index contributed by atoms with van der Waals surface area (Å²) in [4.78, 5) is 17.7. The maximum atomic E-state index is 4.68. The van der Waals surface area contributed by atoms with Gasteiger partial charge in [0.25, 0.3) is 0 Å². The highest BCUT2D eigenvalue weighted by Crippen LogP contribution is 2.35. The van der Waals surface area contributed by atoms with Crippen LogP contribution in [0.4, 0.5) is 11.6 Å². The molecule has 0 radical (unpaired) electrons. The van der Waals surface area contributed by atoms with Gasteiger partial charge >= 0.3 is 0 Å². The molecule has 0 N–H and O–H groups in total. The number of anilines is 2. The van der Waals surface area contributed by atoms with Crippen molar-refractivity contribution >= 4 is 17.3 Å². The molecule has 7 heteroatoms. The lowest BCUT2D eigenvalue weighted by molar-refractivity contribution is 0.456. The van der Waals surface area contributed by atoms with E-state index in [1.807, 2.05) is 29.0 Å². The fourth-order valence-electron chi connectivity index (χ4n) is 3.81. The van der Waals surface area contributed by atoms with Crippen LogP contribution < -0.4 is 9.80 Å². The quantitative estimate of drug-likeness (QED) is 0.728. The van der Waals surface area contributed by atoms with Gasteiger partial charge in [0.05, 0.1) is 0 Å². The van der Waals surface area contributed by atoms with Gasteiger partial charge in [0.2, 0.25) is 0 Å². The Kier molecular flexibility index (Phi) is 3.50. The summed E-state index contributed by atoms with van der Waals surface area (Å²) in [6.07, 6.45) is 12.0. The van der Waals surface area contributed by atoms with Crippen molar-refractivity contribution < 1.29 is 0 Å². The van der Waals surface area contributed by atoms with Crippen LogP contribution >= 0.6 is 0 Å². The molecule has 5 rings (SSSR count). The molecule has 0 unspecified atom stereocenters. The van der Waals surface area contributed by atoms with Gasteiger partial charge in [0, 0.05) is 43.8 Å². The van der Waals surface area contributed by atoms with Crippen molar-refractivity contribution in [2.45, 2.75) is 37.8 Å². The van der Waals surface area contributed by atoms with E-state index in [0.717, 1.165) is 43.2 Å². The second kappa shape index (κ2) is 5.98. The summed E-state index contributed by atoms with van der Waals surface area (Å²) in [5.41, 5.74) is 0.891. The van der Waals surface area contributed by atoms with E-state index < -0.39 is 0 Å². The first-order chi connectivity index (χ1) is 12.4. The summed E-state index contributed by atoms with van der Waals surface area (Å²) >= 11 is 0. The van der Waals surface area contributed by atoms with E-state index in [1.165, 1.54) is 12.8 Å². The van der Waals surface area contributed by atoms with E-state index in [9.17, 15) is 0 Å². The van der Waals surface area contributed by atoms with Crippen molar-refractivity contribution in [2.75, 3.05) is 22.9 Å². The summed E-state index contributed by atoms with van der Waals surface area (Å²) in [5.74, 6) is 2.11. The van der Waals surface area contributed by atoms with Gasteiger partial charge in [-0.3, -0.25) is 0 Å². The minimum absolute atomic E-state index is 0.552. The van der Waals surface area contributed by atoms with Gasteiger partial charge < -0.3 is 9.80 Å². The Labute approximate surface area is 146 Å². The smallest absolute Gasteiger partial charge is 0.153 e. The molecule has 1 saturated carbocycles. The van der Waals surface area contributed by atoms with E-state index in [4.69, 9.17) is 0 Å². The van der Waals surface area contributed by atoms with Crippen molar-refractivity contribution in [2.24, 2.45) is 0 Å². The summed E-state index contributed by atoms with van der Waals surface area (Å²) in [7, 11) is 0. The fourth-order valence-corrected chi connectivity index (χ4v) is 3.81. The number of hydrogen-bond acceptors (Lipinski definition) is 6. The van der Waals surface area contributed by atoms with Crippen LogP contribution in [0, 0.1) is 0 Å². The molecule has 4 heterocycles. The maximum absolute atomic E-state index is 4.68. The lowest BCUT2D eigenvalue weighted by atomic mass is 10.0. The number of hydrogen-bond donors (Lipinski definition) is 0. The molecule has 1 aliphatic carbocycles. The van der Waals surface area contributed by atoms with Gasteiger partial charge in [-0.1, -0.05) is 0 Å². The highest BCUT2D eigenvalue weighted by atomic mass is 15.3. The standard InChI is InChI=1S/C18H21N7/c1-2-14(1)25(17-5-8-19-13-21-17)15-6-10-23(11-7-15)18-4-3-16-20-9-12-24(16)22-18/h3-5,8-9,12-15H,1-2,6-7,10-11H2. The van der Waals surface area contributed by atoms with E-state index in [1.54, 1.807) is 12.5 Å². The molecule has 0 aromatic carbocycles. The molecule has 0 spiro atoms. The highest BCUT2D eigenvalue weighted by molar-refractivity contribution is 5.47. The molecule has 0 bridgehead atoms. The predicted molar refractivity (Wildman–Crippen MR) is 95.8 cm³/mol. The van der Waals surface area contributed by atoms with Crippen LogP contribution in [0.3, 0.4) is 0 Å². The van der Waals surface area contributed by atoms with Crippen LogP contribution in [-0.2, 0) is 0 Å². The average Bonchev–Trinajstić information content (AvgIpc) is 3.39. The second-order valence-electron chi connectivity index (χ2n) is 6.85. The molecule has 1 saturated heterocycles. The summed E-state index contributed by atoms with van der Waals surface area (Å²) in [6, 6.07) is 7.36. The van der Waals surface area contributed by atoms with Crippen LogP contribution in [0.1, 0.15) is 25.7 Å². The second-order valence-corrected chi connectivity index (χ2v) is 6.85. The third-order valence-corrected chi connectivity index (χ3v) is 5.19. The van der Waals surface area contributed by atoms with E-state index in [0.29, 0.717) is 12.1 Å². The fraction of sp³-hybridized carbons (Fsp3) is 0.444. The Morgan fingerprint density at radius 2 is 1.76 bits per heavy atom. The number of piperidine rings is 1. The number of fused-ring (bicyclic) bond motifs is 1. The zero-order valence-corrected chi connectivity index (χ0v) is 14.1. The Morgan fingerprint density at radius 3 is 2.52 bits per heavy atom. The Balaban J connectivity index is 1.31. The number of nitrogens with zero attached hydrogens (tertiary/aromatic N) is 7. The number of rotatable bonds is 4. The molecule has 3 aromatic heterocycles. The van der Waals surface area contributed by atoms with Crippen molar-refractivity contribution in [3.05, 3.63) is 43.1 Å². The van der Waals surface area contributed by atoms with Crippen molar-refractivity contribution in [1.82, 2.24) is 24.6 Å². The molecule has 0 atom stereocenters. The van der Waals surface area contributed by atoms with Gasteiger partial charge in [0.1, 0.15) is 18.0 Å². The van der Waals surface area contributed by atoms with Gasteiger partial charge in [-0.2, -0.15) is 0 Å². The van der Waals surface area contributed by atoms with E-state index in [2.05, 4.69) is 35.9 Å². The van der Waals surface area contributed by atoms with Gasteiger partial charge in [0.15, 0.2) is 5.65 Å². The number of aromatic nitrogens is 5. The minimum Gasteiger partial charge on any atom is -0.355 e. The molecule has 3 aromatic rings. The first kappa shape index (κ1) is 14.6. The Morgan fingerprint density at radius 1 is 0.920 bits per heavy atom. The lowest BCUT2D eigenvalue weighted by Gasteiger charge is -2.39. The van der Waals surface area contributed by atoms with E-state index >= 15 is 0 Å². The zero-order valence-electron chi connectivity index (χ0n) is 14.1. The van der Waals surface area contributed by atoms with Crippen LogP contribution in [0.2, 0.25) is 0 Å². The van der Waals surface area contributed by atoms with Crippen molar-refractivity contribution in [3.63, 3.8) is 0 Å². The van der Waals surface area contributed by atoms with E-state index in [-0.39, 0.29) is 0 Å². The molecular weight excluding hydrogens is 314 g/mol. The molecule has 0 amide bonds. The number of imidazole rings is 1. The normalized spacial score (nSPS) is 18.6. The lowest BCUT2D eigenvalue weighted by Crippen LogP contribution is -2.46. The van der Waals surface area contributed by atoms with Crippen LogP contribution in [0.5, 0.6) is 0 Å². The Bertz CT molecular complexity index is 850. The SMILES string of the molecule is c1cc(N(C2CC2)C2CCN(c3ccc4nccn4n3)CC2)ncn1. The molecule has 25 heavy (non-hydrogen) atoms. The first-order valence-corrected chi connectivity index (χ1v) is 8.98. The molecule has 2 fully saturated rings. The molecule has 128 valence electrons. The summed E-state index contributed by atoms with van der Waals surface area (Å²) < 4.78 is 1.85. The highest BCUT2D eigenvalue weighted by Gasteiger charge is 2.36. The van der Waals surface area contributed by atoms with Gasteiger partial charge in [-0.15, -0.1) is 5.10 Å². The predicted octanol–water partition coefficient (Wildman–Crippen LogP) is 2.16. The molecule has 1 aliphatic heterocycles. The third kappa shape index (κ3) is 2.79. The summed E-state index contributed by atoms with van der Waals surface area (Å²) in [5, 5.41) is 4.68. The molecular formula is C18H21N7. The van der Waals surface area contributed by atoms with Crippen molar-refractivity contribution in [1.29, 1.82) is 0 Å². The van der Waals surface area contributed by atoms with Crippen LogP contribution in [0.15, 0.2) is 43.1 Å². The van der Waals surface area contributed by atoms with Crippen molar-refractivity contribution in [3.8, 4) is 0 Å². The first-order valence-electron chi connectivity index (χ1n) is 8.98. The van der Waals surface area contributed by atoms with Gasteiger partial charge in [-0.05, 0) is 43.9 Å². The monoisotopic (exact) mass is 335 g/mol. The maximum Gasteiger partial charge on any atom is 0.153 e. The topological polar surface area (TPSA) is 62.5 Å². The molecule has 2 aliphatic rings. The van der Waals surface area contributed by atoms with Crippen LogP contribution in [-0.4, -0.2) is 49.7 Å². The largest absolute Gasteiger partial charge is 0.355 e. The van der Waals surface area contributed by atoms with Gasteiger partial charge in [-0.25, -0.2) is 19.5 Å². The third-order valence-electron chi connectivity index (χ3n) is 5.19. The summed E-state index contributed by atoms with van der Waals surface area (Å²) in [6.45, 7) is 2.04. The molecule has 7 nitrogen and oxygen atoms in total. The average molecular weight is 335 g/mol.